The van der Waals surface area contributed by atoms with Gasteiger partial charge in [0.1, 0.15) is 5.82 Å². The zero-order valence-electron chi connectivity index (χ0n) is 8.43. The second-order valence-corrected chi connectivity index (χ2v) is 3.44. The summed E-state index contributed by atoms with van der Waals surface area (Å²) in [6.45, 7) is 2.53. The van der Waals surface area contributed by atoms with Gasteiger partial charge in [-0.25, -0.2) is 4.98 Å². The van der Waals surface area contributed by atoms with E-state index in [4.69, 9.17) is 0 Å². The minimum Gasteiger partial charge on any atom is -0.359 e. The monoisotopic (exact) mass is 186 g/mol. The molecule has 0 unspecified atom stereocenters. The lowest BCUT2D eigenvalue weighted by molar-refractivity contribution is 0.899. The summed E-state index contributed by atoms with van der Waals surface area (Å²) in [7, 11) is 0. The topological polar surface area (TPSA) is 24.9 Å². The van der Waals surface area contributed by atoms with E-state index in [1.807, 2.05) is 13.0 Å². The first-order valence-corrected chi connectivity index (χ1v) is 5.02. The van der Waals surface area contributed by atoms with Crippen LogP contribution >= 0.6 is 0 Å². The van der Waals surface area contributed by atoms with Crippen LogP contribution in [-0.2, 0) is 12.8 Å². The van der Waals surface area contributed by atoms with Gasteiger partial charge in [-0.3, -0.25) is 0 Å². The highest BCUT2D eigenvalue weighted by Crippen LogP contribution is 2.21. The number of fused-ring (bicyclic) bond motifs is 1. The summed E-state index contributed by atoms with van der Waals surface area (Å²) in [5.74, 6) is 6.77. The third-order valence-corrected chi connectivity index (χ3v) is 2.46. The number of anilines is 1. The summed E-state index contributed by atoms with van der Waals surface area (Å²) < 4.78 is 0. The van der Waals surface area contributed by atoms with Crippen LogP contribution in [0.4, 0.5) is 5.82 Å². The van der Waals surface area contributed by atoms with Crippen LogP contribution in [-0.4, -0.2) is 11.5 Å². The van der Waals surface area contributed by atoms with Crippen LogP contribution in [0.5, 0.6) is 0 Å². The third-order valence-electron chi connectivity index (χ3n) is 2.46. The average molecular weight is 186 g/mol. The van der Waals surface area contributed by atoms with Gasteiger partial charge in [0.05, 0.1) is 6.54 Å². The molecule has 0 fully saturated rings. The lowest BCUT2D eigenvalue weighted by atomic mass is 10.2. The largest absolute Gasteiger partial charge is 0.359 e. The number of rotatable bonds is 2. The molecular formula is C12H14N2. The van der Waals surface area contributed by atoms with Crippen molar-refractivity contribution in [3.8, 4) is 11.8 Å². The van der Waals surface area contributed by atoms with Crippen molar-refractivity contribution < 1.29 is 0 Å². The molecule has 1 aliphatic carbocycles. The molecule has 0 saturated heterocycles. The van der Waals surface area contributed by atoms with Gasteiger partial charge in [0.15, 0.2) is 0 Å². The van der Waals surface area contributed by atoms with E-state index in [0.717, 1.165) is 12.2 Å². The summed E-state index contributed by atoms with van der Waals surface area (Å²) in [6, 6.07) is 4.22. The van der Waals surface area contributed by atoms with Gasteiger partial charge in [0, 0.05) is 5.69 Å². The van der Waals surface area contributed by atoms with Gasteiger partial charge < -0.3 is 5.32 Å². The second kappa shape index (κ2) is 4.15. The Morgan fingerprint density at radius 2 is 2.36 bits per heavy atom. The number of hydrogen-bond donors (Lipinski definition) is 1. The van der Waals surface area contributed by atoms with Crippen LogP contribution in [0.25, 0.3) is 0 Å². The highest BCUT2D eigenvalue weighted by Gasteiger charge is 2.11. The lowest BCUT2D eigenvalue weighted by Crippen LogP contribution is -2.02. The molecule has 1 aliphatic rings. The SMILES string of the molecule is CC#CCNc1ccc2c(n1)CCC2. The molecular weight excluding hydrogens is 172 g/mol. The second-order valence-electron chi connectivity index (χ2n) is 3.44. The number of aryl methyl sites for hydroxylation is 2. The van der Waals surface area contributed by atoms with Crippen LogP contribution in [0.2, 0.25) is 0 Å². The molecule has 0 aromatic carbocycles. The van der Waals surface area contributed by atoms with Gasteiger partial charge in [-0.1, -0.05) is 12.0 Å². The number of aromatic nitrogens is 1. The first-order chi connectivity index (χ1) is 6.90. The summed E-state index contributed by atoms with van der Waals surface area (Å²) in [5, 5.41) is 3.19. The van der Waals surface area contributed by atoms with E-state index in [9.17, 15) is 0 Å². The number of nitrogens with zero attached hydrogens (tertiary/aromatic N) is 1. The van der Waals surface area contributed by atoms with Crippen molar-refractivity contribution in [3.63, 3.8) is 0 Å². The molecule has 0 amide bonds. The fourth-order valence-electron chi connectivity index (χ4n) is 1.74. The Labute approximate surface area is 84.7 Å². The summed E-state index contributed by atoms with van der Waals surface area (Å²) in [4.78, 5) is 4.55. The van der Waals surface area contributed by atoms with Gasteiger partial charge in [-0.2, -0.15) is 0 Å². The Morgan fingerprint density at radius 1 is 1.43 bits per heavy atom. The Hall–Kier alpha value is -1.49. The molecule has 1 N–H and O–H groups in total. The minimum atomic E-state index is 0.683. The predicted molar refractivity (Wildman–Crippen MR) is 58.2 cm³/mol. The predicted octanol–water partition coefficient (Wildman–Crippen LogP) is 2.01. The average Bonchev–Trinajstić information content (AvgIpc) is 2.65. The van der Waals surface area contributed by atoms with Crippen LogP contribution in [0.1, 0.15) is 24.6 Å². The molecule has 1 aromatic rings. The molecule has 0 saturated carbocycles. The van der Waals surface area contributed by atoms with E-state index in [1.54, 1.807) is 0 Å². The zero-order chi connectivity index (χ0) is 9.80. The summed E-state index contributed by atoms with van der Waals surface area (Å²) in [5.41, 5.74) is 2.68. The smallest absolute Gasteiger partial charge is 0.126 e. The van der Waals surface area contributed by atoms with Crippen molar-refractivity contribution in [3.05, 3.63) is 23.4 Å². The molecule has 2 nitrogen and oxygen atoms in total. The Morgan fingerprint density at radius 3 is 3.21 bits per heavy atom. The van der Waals surface area contributed by atoms with Crippen LogP contribution in [0.15, 0.2) is 12.1 Å². The maximum absolute atomic E-state index is 4.55. The molecule has 0 spiro atoms. The van der Waals surface area contributed by atoms with Crippen molar-refractivity contribution in [1.29, 1.82) is 0 Å². The van der Waals surface area contributed by atoms with Crippen molar-refractivity contribution in [2.75, 3.05) is 11.9 Å². The Balaban J connectivity index is 2.07. The van der Waals surface area contributed by atoms with Crippen molar-refractivity contribution >= 4 is 5.82 Å². The molecule has 0 atom stereocenters. The third kappa shape index (κ3) is 1.88. The van der Waals surface area contributed by atoms with Gasteiger partial charge in [0.2, 0.25) is 0 Å². The summed E-state index contributed by atoms with van der Waals surface area (Å²) >= 11 is 0. The number of pyridine rings is 1. The molecule has 1 aromatic heterocycles. The molecule has 14 heavy (non-hydrogen) atoms. The maximum atomic E-state index is 4.55. The van der Waals surface area contributed by atoms with Crippen molar-refractivity contribution in [1.82, 2.24) is 4.98 Å². The minimum absolute atomic E-state index is 0.683. The van der Waals surface area contributed by atoms with Crippen LogP contribution < -0.4 is 5.32 Å². The highest BCUT2D eigenvalue weighted by molar-refractivity contribution is 5.41. The van der Waals surface area contributed by atoms with Gasteiger partial charge in [-0.05, 0) is 37.8 Å². The Bertz CT molecular complexity index is 385. The van der Waals surface area contributed by atoms with Gasteiger partial charge in [-0.15, -0.1) is 5.92 Å². The van der Waals surface area contributed by atoms with E-state index in [1.165, 1.54) is 24.1 Å². The van der Waals surface area contributed by atoms with E-state index in [2.05, 4.69) is 28.2 Å². The number of hydrogen-bond acceptors (Lipinski definition) is 2. The van der Waals surface area contributed by atoms with Gasteiger partial charge >= 0.3 is 0 Å². The zero-order valence-corrected chi connectivity index (χ0v) is 8.43. The molecule has 2 heteroatoms. The van der Waals surface area contributed by atoms with Crippen molar-refractivity contribution in [2.24, 2.45) is 0 Å². The fraction of sp³-hybridized carbons (Fsp3) is 0.417. The number of nitrogens with one attached hydrogen (secondary N) is 1. The van der Waals surface area contributed by atoms with Gasteiger partial charge in [0.25, 0.3) is 0 Å². The Kier molecular flexibility index (Phi) is 2.69. The van der Waals surface area contributed by atoms with Crippen LogP contribution in [0.3, 0.4) is 0 Å². The normalized spacial score (nSPS) is 12.9. The lowest BCUT2D eigenvalue weighted by Gasteiger charge is -2.03. The molecule has 0 aliphatic heterocycles. The van der Waals surface area contributed by atoms with E-state index in [-0.39, 0.29) is 0 Å². The molecule has 2 rings (SSSR count). The standard InChI is InChI=1S/C12H14N2/c1-2-3-9-13-12-8-7-10-5-4-6-11(10)14-12/h7-8H,4-6,9H2,1H3,(H,13,14). The molecule has 0 bridgehead atoms. The molecule has 1 heterocycles. The first kappa shape index (κ1) is 9.08. The van der Waals surface area contributed by atoms with Crippen molar-refractivity contribution in [2.45, 2.75) is 26.2 Å². The quantitative estimate of drug-likeness (QED) is 0.715. The maximum Gasteiger partial charge on any atom is 0.126 e. The molecule has 72 valence electrons. The van der Waals surface area contributed by atoms with E-state index < -0.39 is 0 Å². The van der Waals surface area contributed by atoms with E-state index in [0.29, 0.717) is 6.54 Å². The summed E-state index contributed by atoms with van der Waals surface area (Å²) in [6.07, 6.45) is 3.57. The highest BCUT2D eigenvalue weighted by atomic mass is 15.0. The van der Waals surface area contributed by atoms with E-state index >= 15 is 0 Å². The molecule has 0 radical (unpaired) electrons. The fourth-order valence-corrected chi connectivity index (χ4v) is 1.74. The van der Waals surface area contributed by atoms with Crippen LogP contribution in [0, 0.1) is 11.8 Å². The first-order valence-electron chi connectivity index (χ1n) is 5.02.